The number of hydrogen-bond acceptors (Lipinski definition) is 5. The van der Waals surface area contributed by atoms with Gasteiger partial charge in [0.05, 0.1) is 10.8 Å². The first-order chi connectivity index (χ1) is 10.1. The molecule has 0 fully saturated rings. The van der Waals surface area contributed by atoms with Crippen LogP contribution in [0.5, 0.6) is 0 Å². The number of rotatable bonds is 6. The third-order valence-corrected chi connectivity index (χ3v) is 2.95. The van der Waals surface area contributed by atoms with E-state index in [4.69, 9.17) is 0 Å². The van der Waals surface area contributed by atoms with Crippen LogP contribution in [-0.2, 0) is 4.79 Å². The number of nitrogens with one attached hydrogen (secondary N) is 1. The minimum absolute atomic E-state index is 0.113. The molecule has 21 heavy (non-hydrogen) atoms. The molecule has 0 saturated carbocycles. The first-order valence-electron chi connectivity index (χ1n) is 6.20. The number of carboxylic acid groups (broad SMARTS) is 1. The predicted octanol–water partition coefficient (Wildman–Crippen LogP) is 2.27. The van der Waals surface area contributed by atoms with E-state index in [2.05, 4.69) is 10.3 Å². The van der Waals surface area contributed by atoms with Crippen molar-refractivity contribution in [3.05, 3.63) is 64.3 Å². The van der Waals surface area contributed by atoms with Crippen LogP contribution in [0.25, 0.3) is 0 Å². The molecule has 7 nitrogen and oxygen atoms in total. The zero-order valence-corrected chi connectivity index (χ0v) is 11.0. The Bertz CT molecular complexity index is 628. The Morgan fingerprint density at radius 1 is 1.29 bits per heavy atom. The standard InChI is InChI=1S/C14H13N3O4/c18-14(19)12(10-4-2-1-3-5-10)9-16-13-7-6-11(8-15-13)17(20)21/h1-8,12H,9H2,(H,15,16)(H,18,19). The van der Waals surface area contributed by atoms with Crippen LogP contribution in [0.2, 0.25) is 0 Å². The number of benzene rings is 1. The summed E-state index contributed by atoms with van der Waals surface area (Å²) in [5.41, 5.74) is 0.567. The average molecular weight is 287 g/mol. The molecule has 0 spiro atoms. The lowest BCUT2D eigenvalue weighted by atomic mass is 9.99. The third-order valence-electron chi connectivity index (χ3n) is 2.95. The minimum atomic E-state index is -0.949. The molecule has 7 heteroatoms. The second-order valence-corrected chi connectivity index (χ2v) is 4.34. The summed E-state index contributed by atoms with van der Waals surface area (Å²) in [7, 11) is 0. The summed E-state index contributed by atoms with van der Waals surface area (Å²) in [6, 6.07) is 11.6. The molecule has 0 amide bonds. The van der Waals surface area contributed by atoms with Crippen LogP contribution in [0.3, 0.4) is 0 Å². The first kappa shape index (κ1) is 14.4. The van der Waals surface area contributed by atoms with Gasteiger partial charge >= 0.3 is 5.97 Å². The van der Waals surface area contributed by atoms with E-state index < -0.39 is 16.8 Å². The number of hydrogen-bond donors (Lipinski definition) is 2. The van der Waals surface area contributed by atoms with Gasteiger partial charge < -0.3 is 10.4 Å². The molecule has 0 bridgehead atoms. The molecule has 0 aliphatic rings. The number of pyridine rings is 1. The zero-order valence-electron chi connectivity index (χ0n) is 11.0. The number of anilines is 1. The Hall–Kier alpha value is -2.96. The van der Waals surface area contributed by atoms with E-state index in [0.717, 1.165) is 6.20 Å². The van der Waals surface area contributed by atoms with Crippen molar-refractivity contribution in [3.8, 4) is 0 Å². The Morgan fingerprint density at radius 2 is 2.00 bits per heavy atom. The molecular weight excluding hydrogens is 274 g/mol. The summed E-state index contributed by atoms with van der Waals surface area (Å²) < 4.78 is 0. The Balaban J connectivity index is 2.05. The van der Waals surface area contributed by atoms with E-state index in [1.165, 1.54) is 12.1 Å². The SMILES string of the molecule is O=C(O)C(CNc1ccc([N+](=O)[O-])cn1)c1ccccc1. The maximum absolute atomic E-state index is 11.3. The molecule has 0 aliphatic heterocycles. The number of carbonyl (C=O) groups is 1. The summed E-state index contributed by atoms with van der Waals surface area (Å²) >= 11 is 0. The highest BCUT2D eigenvalue weighted by Gasteiger charge is 2.19. The number of carboxylic acids is 1. The van der Waals surface area contributed by atoms with Crippen LogP contribution in [0.1, 0.15) is 11.5 Å². The quantitative estimate of drug-likeness (QED) is 0.623. The van der Waals surface area contributed by atoms with Crippen molar-refractivity contribution in [2.75, 3.05) is 11.9 Å². The molecule has 1 aromatic heterocycles. The van der Waals surface area contributed by atoms with Gasteiger partial charge in [-0.2, -0.15) is 0 Å². The smallest absolute Gasteiger partial charge is 0.312 e. The fourth-order valence-corrected chi connectivity index (χ4v) is 1.84. The fraction of sp³-hybridized carbons (Fsp3) is 0.143. The molecule has 2 N–H and O–H groups in total. The molecule has 1 atom stereocenters. The van der Waals surface area contributed by atoms with E-state index in [-0.39, 0.29) is 12.2 Å². The molecule has 2 aromatic rings. The second-order valence-electron chi connectivity index (χ2n) is 4.34. The summed E-state index contributed by atoms with van der Waals surface area (Å²) in [6.45, 7) is 0.143. The van der Waals surface area contributed by atoms with Crippen molar-refractivity contribution in [2.24, 2.45) is 0 Å². The molecule has 1 aromatic carbocycles. The highest BCUT2D eigenvalue weighted by molar-refractivity contribution is 5.76. The number of nitrogens with zero attached hydrogens (tertiary/aromatic N) is 2. The van der Waals surface area contributed by atoms with Crippen molar-refractivity contribution in [2.45, 2.75) is 5.92 Å². The van der Waals surface area contributed by atoms with E-state index in [1.807, 2.05) is 6.07 Å². The molecule has 0 radical (unpaired) electrons. The Kier molecular flexibility index (Phi) is 4.45. The number of aromatic nitrogens is 1. The van der Waals surface area contributed by atoms with Gasteiger partial charge in [-0.05, 0) is 11.6 Å². The van der Waals surface area contributed by atoms with Gasteiger partial charge in [-0.25, -0.2) is 4.98 Å². The molecule has 1 heterocycles. The van der Waals surface area contributed by atoms with Crippen molar-refractivity contribution in [3.63, 3.8) is 0 Å². The van der Waals surface area contributed by atoms with Crippen molar-refractivity contribution in [1.29, 1.82) is 0 Å². The van der Waals surface area contributed by atoms with Gasteiger partial charge in [-0.3, -0.25) is 14.9 Å². The van der Waals surface area contributed by atoms with Crippen molar-refractivity contribution >= 4 is 17.5 Å². The Labute approximate surface area is 120 Å². The molecular formula is C14H13N3O4. The highest BCUT2D eigenvalue weighted by Crippen LogP contribution is 2.17. The van der Waals surface area contributed by atoms with Gasteiger partial charge in [0.2, 0.25) is 0 Å². The van der Waals surface area contributed by atoms with Gasteiger partial charge in [-0.1, -0.05) is 30.3 Å². The lowest BCUT2D eigenvalue weighted by Crippen LogP contribution is -2.21. The van der Waals surface area contributed by atoms with Crippen LogP contribution in [0, 0.1) is 10.1 Å². The number of aliphatic carboxylic acids is 1. The molecule has 0 aliphatic carbocycles. The topological polar surface area (TPSA) is 105 Å². The van der Waals surface area contributed by atoms with Gasteiger partial charge in [0.1, 0.15) is 12.0 Å². The molecule has 108 valence electrons. The zero-order chi connectivity index (χ0) is 15.2. The van der Waals surface area contributed by atoms with Crippen molar-refractivity contribution < 1.29 is 14.8 Å². The maximum atomic E-state index is 11.3. The van der Waals surface area contributed by atoms with Crippen molar-refractivity contribution in [1.82, 2.24) is 4.98 Å². The largest absolute Gasteiger partial charge is 0.481 e. The molecule has 2 rings (SSSR count). The summed E-state index contributed by atoms with van der Waals surface area (Å²) in [5.74, 6) is -1.28. The summed E-state index contributed by atoms with van der Waals surface area (Å²) in [6.07, 6.45) is 1.13. The first-order valence-corrected chi connectivity index (χ1v) is 6.20. The van der Waals surface area contributed by atoms with Crippen LogP contribution in [0.4, 0.5) is 11.5 Å². The van der Waals surface area contributed by atoms with Crippen LogP contribution in [0.15, 0.2) is 48.7 Å². The van der Waals surface area contributed by atoms with Gasteiger partial charge in [0.25, 0.3) is 5.69 Å². The normalized spacial score (nSPS) is 11.6. The van der Waals surface area contributed by atoms with Crippen LogP contribution >= 0.6 is 0 Å². The molecule has 1 unspecified atom stereocenters. The van der Waals surface area contributed by atoms with E-state index in [0.29, 0.717) is 11.4 Å². The van der Waals surface area contributed by atoms with E-state index in [1.54, 1.807) is 24.3 Å². The minimum Gasteiger partial charge on any atom is -0.481 e. The predicted molar refractivity (Wildman–Crippen MR) is 76.2 cm³/mol. The monoisotopic (exact) mass is 287 g/mol. The lowest BCUT2D eigenvalue weighted by molar-refractivity contribution is -0.385. The average Bonchev–Trinajstić information content (AvgIpc) is 2.48. The third kappa shape index (κ3) is 3.75. The summed E-state index contributed by atoms with van der Waals surface area (Å²) in [5, 5.41) is 22.7. The van der Waals surface area contributed by atoms with E-state index >= 15 is 0 Å². The second kappa shape index (κ2) is 6.47. The highest BCUT2D eigenvalue weighted by atomic mass is 16.6. The van der Waals surface area contributed by atoms with Gasteiger partial charge in [0, 0.05) is 12.6 Å². The maximum Gasteiger partial charge on any atom is 0.312 e. The lowest BCUT2D eigenvalue weighted by Gasteiger charge is -2.14. The van der Waals surface area contributed by atoms with Crippen LogP contribution < -0.4 is 5.32 Å². The number of nitro groups is 1. The fourth-order valence-electron chi connectivity index (χ4n) is 1.84. The molecule has 0 saturated heterocycles. The summed E-state index contributed by atoms with van der Waals surface area (Å²) in [4.78, 5) is 25.2. The Morgan fingerprint density at radius 3 is 2.52 bits per heavy atom. The van der Waals surface area contributed by atoms with Gasteiger partial charge in [0.15, 0.2) is 0 Å². The van der Waals surface area contributed by atoms with Crippen LogP contribution in [-0.4, -0.2) is 27.5 Å². The van der Waals surface area contributed by atoms with Gasteiger partial charge in [-0.15, -0.1) is 0 Å². The van der Waals surface area contributed by atoms with E-state index in [9.17, 15) is 20.0 Å².